The first-order valence-electron chi connectivity index (χ1n) is 17.5. The van der Waals surface area contributed by atoms with E-state index in [4.69, 9.17) is 18.8 Å². The molecule has 9 aromatic rings. The number of amidine groups is 1. The SMILES string of the molecule is C/C=C(\C=C/c1ccc2ccccc2c1)C(=N/C(=N\C)c1cccc2oc3cccc(-c4ccccc4)c3c12)/c1ccc2oc3ccccc3c2c1. The zero-order chi connectivity index (χ0) is 35.0. The van der Waals surface area contributed by atoms with Crippen LogP contribution in [-0.4, -0.2) is 18.6 Å². The van der Waals surface area contributed by atoms with E-state index in [1.165, 1.54) is 10.8 Å². The average molecular weight is 671 g/mol. The number of fused-ring (bicyclic) bond motifs is 7. The molecule has 4 nitrogen and oxygen atoms in total. The van der Waals surface area contributed by atoms with E-state index in [2.05, 4.69) is 122 Å². The Morgan fingerprint density at radius 1 is 0.577 bits per heavy atom. The van der Waals surface area contributed by atoms with Gasteiger partial charge in [-0.05, 0) is 82.4 Å². The van der Waals surface area contributed by atoms with Gasteiger partial charge in [0.2, 0.25) is 0 Å². The lowest BCUT2D eigenvalue weighted by Gasteiger charge is -2.12. The maximum absolute atomic E-state index is 6.47. The van der Waals surface area contributed by atoms with E-state index in [9.17, 15) is 0 Å². The lowest BCUT2D eigenvalue weighted by Crippen LogP contribution is -2.09. The van der Waals surface area contributed by atoms with Crippen molar-refractivity contribution in [3.63, 3.8) is 0 Å². The van der Waals surface area contributed by atoms with E-state index in [1.54, 1.807) is 0 Å². The topological polar surface area (TPSA) is 51.0 Å². The second-order valence-corrected chi connectivity index (χ2v) is 12.8. The standard InChI is InChI=1S/C48H34N2O2/c1-3-32(25-23-31-24-26-33-13-7-8-16-35(33)29-31)47(36-27-28-42-40(30-36)38-17-9-10-20-41(38)51-42)50-48(49-2)39-19-12-22-44-46(39)45-37(18-11-21-43(45)52-44)34-14-5-4-6-15-34/h3-30H,1-2H3/b25-23-,32-3+,49-48-,50-47-. The van der Waals surface area contributed by atoms with Gasteiger partial charge in [-0.1, -0.05) is 127 Å². The zero-order valence-electron chi connectivity index (χ0n) is 28.9. The molecule has 0 saturated heterocycles. The molecule has 0 spiro atoms. The van der Waals surface area contributed by atoms with E-state index in [0.717, 1.165) is 83.0 Å². The fourth-order valence-corrected chi connectivity index (χ4v) is 7.23. The van der Waals surface area contributed by atoms with Crippen LogP contribution in [0.4, 0.5) is 0 Å². The van der Waals surface area contributed by atoms with E-state index in [-0.39, 0.29) is 0 Å². The van der Waals surface area contributed by atoms with Crippen LogP contribution in [0.5, 0.6) is 0 Å². The van der Waals surface area contributed by atoms with Crippen molar-refractivity contribution in [1.82, 2.24) is 0 Å². The summed E-state index contributed by atoms with van der Waals surface area (Å²) in [4.78, 5) is 10.3. The third kappa shape index (κ3) is 5.51. The third-order valence-corrected chi connectivity index (χ3v) is 9.74. The minimum absolute atomic E-state index is 0.613. The van der Waals surface area contributed by atoms with E-state index < -0.39 is 0 Å². The van der Waals surface area contributed by atoms with Gasteiger partial charge in [0.05, 0.1) is 5.71 Å². The number of hydrogen-bond acceptors (Lipinski definition) is 3. The quantitative estimate of drug-likeness (QED) is 0.100. The molecule has 248 valence electrons. The molecule has 2 aromatic heterocycles. The minimum Gasteiger partial charge on any atom is -0.456 e. The van der Waals surface area contributed by atoms with Crippen LogP contribution in [0.25, 0.3) is 71.9 Å². The molecule has 0 amide bonds. The highest BCUT2D eigenvalue weighted by molar-refractivity contribution is 6.27. The van der Waals surface area contributed by atoms with Gasteiger partial charge in [0, 0.05) is 39.7 Å². The summed E-state index contributed by atoms with van der Waals surface area (Å²) in [5, 5.41) is 6.57. The predicted octanol–water partition coefficient (Wildman–Crippen LogP) is 12.8. The van der Waals surface area contributed by atoms with Crippen LogP contribution in [0.3, 0.4) is 0 Å². The minimum atomic E-state index is 0.613. The van der Waals surface area contributed by atoms with E-state index >= 15 is 0 Å². The molecule has 0 radical (unpaired) electrons. The molecule has 9 rings (SSSR count). The van der Waals surface area contributed by atoms with Crippen LogP contribution in [0.15, 0.2) is 188 Å². The molecule has 0 aliphatic carbocycles. The van der Waals surface area contributed by atoms with Gasteiger partial charge in [0.25, 0.3) is 0 Å². The van der Waals surface area contributed by atoms with Crippen molar-refractivity contribution >= 4 is 72.3 Å². The molecule has 0 saturated carbocycles. The Morgan fingerprint density at radius 2 is 1.29 bits per heavy atom. The molecule has 52 heavy (non-hydrogen) atoms. The van der Waals surface area contributed by atoms with Crippen LogP contribution >= 0.6 is 0 Å². The summed E-state index contributed by atoms with van der Waals surface area (Å²) < 4.78 is 12.7. The monoisotopic (exact) mass is 670 g/mol. The number of rotatable bonds is 6. The summed E-state index contributed by atoms with van der Waals surface area (Å²) >= 11 is 0. The van der Waals surface area contributed by atoms with Crippen molar-refractivity contribution in [3.05, 3.63) is 186 Å². The van der Waals surface area contributed by atoms with Gasteiger partial charge in [-0.3, -0.25) is 4.99 Å². The summed E-state index contributed by atoms with van der Waals surface area (Å²) in [5.41, 5.74) is 10.3. The van der Waals surface area contributed by atoms with Crippen molar-refractivity contribution in [3.8, 4) is 11.1 Å². The molecule has 0 atom stereocenters. The molecule has 0 N–H and O–H groups in total. The average Bonchev–Trinajstić information content (AvgIpc) is 3.78. The summed E-state index contributed by atoms with van der Waals surface area (Å²) in [5.74, 6) is 0.613. The van der Waals surface area contributed by atoms with Gasteiger partial charge in [-0.2, -0.15) is 0 Å². The van der Waals surface area contributed by atoms with E-state index in [0.29, 0.717) is 5.84 Å². The highest BCUT2D eigenvalue weighted by Gasteiger charge is 2.20. The largest absolute Gasteiger partial charge is 0.456 e. The number of hydrogen-bond donors (Lipinski definition) is 0. The molecule has 0 aliphatic rings. The Morgan fingerprint density at radius 3 is 2.13 bits per heavy atom. The number of benzene rings is 7. The number of aliphatic imine (C=N–C) groups is 2. The van der Waals surface area contributed by atoms with Crippen LogP contribution in [0, 0.1) is 0 Å². The molecule has 2 heterocycles. The highest BCUT2D eigenvalue weighted by Crippen LogP contribution is 2.39. The maximum atomic E-state index is 6.47. The van der Waals surface area contributed by atoms with Gasteiger partial charge in [-0.25, -0.2) is 4.99 Å². The van der Waals surface area contributed by atoms with Crippen LogP contribution in [0.1, 0.15) is 23.6 Å². The first kappa shape index (κ1) is 31.2. The molecule has 4 heteroatoms. The Labute approximate surface area is 301 Å². The number of furan rings is 2. The Balaban J connectivity index is 1.24. The molecule has 7 aromatic carbocycles. The molecular formula is C48H34N2O2. The Hall–Kier alpha value is -6.78. The first-order chi connectivity index (χ1) is 25.7. The van der Waals surface area contributed by atoms with Gasteiger partial charge in [0.1, 0.15) is 22.3 Å². The molecule has 0 bridgehead atoms. The number of nitrogens with zero attached hydrogens (tertiary/aromatic N) is 2. The summed E-state index contributed by atoms with van der Waals surface area (Å²) in [6.45, 7) is 2.06. The van der Waals surface area contributed by atoms with Crippen molar-refractivity contribution in [1.29, 1.82) is 0 Å². The van der Waals surface area contributed by atoms with Crippen molar-refractivity contribution in [2.45, 2.75) is 6.92 Å². The lowest BCUT2D eigenvalue weighted by molar-refractivity contribution is 0.668. The maximum Gasteiger partial charge on any atom is 0.155 e. The fourth-order valence-electron chi connectivity index (χ4n) is 7.23. The Kier molecular flexibility index (Phi) is 7.90. The summed E-state index contributed by atoms with van der Waals surface area (Å²) in [7, 11) is 1.81. The molecular weight excluding hydrogens is 637 g/mol. The predicted molar refractivity (Wildman–Crippen MR) is 219 cm³/mol. The second kappa shape index (κ2) is 13.2. The summed E-state index contributed by atoms with van der Waals surface area (Å²) in [6.07, 6.45) is 6.42. The smallest absolute Gasteiger partial charge is 0.155 e. The number of allylic oxidation sites excluding steroid dienone is 3. The van der Waals surface area contributed by atoms with Gasteiger partial charge < -0.3 is 8.83 Å². The van der Waals surface area contributed by atoms with Crippen molar-refractivity contribution in [2.24, 2.45) is 9.98 Å². The van der Waals surface area contributed by atoms with Crippen molar-refractivity contribution < 1.29 is 8.83 Å². The molecule has 0 unspecified atom stereocenters. The fraction of sp³-hybridized carbons (Fsp3) is 0.0417. The normalized spacial score (nSPS) is 13.1. The first-order valence-corrected chi connectivity index (χ1v) is 17.5. The molecule has 0 fully saturated rings. The van der Waals surface area contributed by atoms with Gasteiger partial charge in [-0.15, -0.1) is 0 Å². The third-order valence-electron chi connectivity index (χ3n) is 9.74. The van der Waals surface area contributed by atoms with Gasteiger partial charge in [0.15, 0.2) is 5.84 Å². The van der Waals surface area contributed by atoms with Crippen molar-refractivity contribution in [2.75, 3.05) is 7.05 Å². The molecule has 0 aliphatic heterocycles. The zero-order valence-corrected chi connectivity index (χ0v) is 28.9. The lowest BCUT2D eigenvalue weighted by atomic mass is 9.96. The van der Waals surface area contributed by atoms with Crippen LogP contribution in [-0.2, 0) is 0 Å². The second-order valence-electron chi connectivity index (χ2n) is 12.8. The summed E-state index contributed by atoms with van der Waals surface area (Å²) in [6, 6.07) is 52.2. The van der Waals surface area contributed by atoms with Crippen LogP contribution in [0.2, 0.25) is 0 Å². The Bertz CT molecular complexity index is 2920. The van der Waals surface area contributed by atoms with Crippen LogP contribution < -0.4 is 0 Å². The van der Waals surface area contributed by atoms with Gasteiger partial charge >= 0.3 is 0 Å². The van der Waals surface area contributed by atoms with E-state index in [1.807, 2.05) is 61.6 Å². The number of para-hydroxylation sites is 1. The highest BCUT2D eigenvalue weighted by atomic mass is 16.3.